The molecule has 2 aromatic rings. The highest BCUT2D eigenvalue weighted by atomic mass is 32.1. The molecule has 6 heteroatoms. The van der Waals surface area contributed by atoms with E-state index in [4.69, 9.17) is 4.74 Å². The number of anilines is 1. The Morgan fingerprint density at radius 1 is 1.30 bits per heavy atom. The molecule has 0 aliphatic heterocycles. The predicted molar refractivity (Wildman–Crippen MR) is 92.9 cm³/mol. The van der Waals surface area contributed by atoms with Crippen LogP contribution in [0, 0.1) is 0 Å². The Balaban J connectivity index is 2.35. The first-order valence-corrected chi connectivity index (χ1v) is 8.05. The molecule has 0 saturated heterocycles. The van der Waals surface area contributed by atoms with Gasteiger partial charge in [0.25, 0.3) is 0 Å². The number of carbonyl (C=O) groups is 2. The van der Waals surface area contributed by atoms with Crippen LogP contribution in [0.5, 0.6) is 0 Å². The van der Waals surface area contributed by atoms with Gasteiger partial charge in [0.05, 0.1) is 6.61 Å². The van der Waals surface area contributed by atoms with Gasteiger partial charge in [-0.15, -0.1) is 17.9 Å². The van der Waals surface area contributed by atoms with E-state index in [1.807, 2.05) is 35.7 Å². The zero-order valence-corrected chi connectivity index (χ0v) is 13.6. The van der Waals surface area contributed by atoms with Crippen molar-refractivity contribution < 1.29 is 14.3 Å². The minimum absolute atomic E-state index is 0.269. The zero-order valence-electron chi connectivity index (χ0n) is 12.8. The number of rotatable bonds is 6. The Kier molecular flexibility index (Phi) is 5.94. The van der Waals surface area contributed by atoms with Gasteiger partial charge in [-0.2, -0.15) is 0 Å². The van der Waals surface area contributed by atoms with E-state index in [0.717, 1.165) is 11.1 Å². The molecule has 5 nitrogen and oxygen atoms in total. The molecule has 2 amide bonds. The summed E-state index contributed by atoms with van der Waals surface area (Å²) in [4.78, 5) is 24.1. The number of amides is 2. The number of hydrogen-bond acceptors (Lipinski definition) is 4. The van der Waals surface area contributed by atoms with Crippen molar-refractivity contribution in [2.45, 2.75) is 6.92 Å². The average molecular weight is 330 g/mol. The van der Waals surface area contributed by atoms with Crippen LogP contribution in [0.4, 0.5) is 9.80 Å². The fraction of sp³-hybridized carbons (Fsp3) is 0.176. The Labute approximate surface area is 139 Å². The molecule has 0 atom stereocenters. The molecule has 2 N–H and O–H groups in total. The second kappa shape index (κ2) is 8.14. The van der Waals surface area contributed by atoms with Gasteiger partial charge in [-0.1, -0.05) is 36.4 Å². The summed E-state index contributed by atoms with van der Waals surface area (Å²) in [6.07, 6.45) is 1.58. The number of esters is 1. The van der Waals surface area contributed by atoms with Crippen molar-refractivity contribution in [1.29, 1.82) is 0 Å². The molecule has 0 unspecified atom stereocenters. The summed E-state index contributed by atoms with van der Waals surface area (Å²) in [6, 6.07) is 9.12. The first-order valence-electron chi connectivity index (χ1n) is 7.17. The third-order valence-electron chi connectivity index (χ3n) is 2.99. The van der Waals surface area contributed by atoms with Crippen molar-refractivity contribution in [2.75, 3.05) is 18.5 Å². The maximum Gasteiger partial charge on any atom is 0.341 e. The summed E-state index contributed by atoms with van der Waals surface area (Å²) < 4.78 is 5.13. The SMILES string of the molecule is C=CCNC(=O)Nc1scc(-c2ccccc2)c1C(=O)OCC. The number of benzene rings is 1. The van der Waals surface area contributed by atoms with Gasteiger partial charge < -0.3 is 10.1 Å². The van der Waals surface area contributed by atoms with Gasteiger partial charge in [0.1, 0.15) is 10.6 Å². The van der Waals surface area contributed by atoms with Crippen molar-refractivity contribution in [1.82, 2.24) is 5.32 Å². The van der Waals surface area contributed by atoms with Crippen LogP contribution in [0.2, 0.25) is 0 Å². The fourth-order valence-corrected chi connectivity index (χ4v) is 2.95. The van der Waals surface area contributed by atoms with Gasteiger partial charge >= 0.3 is 12.0 Å². The quantitative estimate of drug-likeness (QED) is 0.623. The van der Waals surface area contributed by atoms with Gasteiger partial charge in [0, 0.05) is 17.5 Å². The molecule has 0 saturated carbocycles. The van der Waals surface area contributed by atoms with Gasteiger partial charge in [-0.05, 0) is 12.5 Å². The molecule has 0 fully saturated rings. The Morgan fingerprint density at radius 3 is 2.70 bits per heavy atom. The van der Waals surface area contributed by atoms with E-state index in [0.29, 0.717) is 17.1 Å². The van der Waals surface area contributed by atoms with Crippen LogP contribution in [0.3, 0.4) is 0 Å². The first-order chi connectivity index (χ1) is 11.2. The molecule has 0 aliphatic rings. The average Bonchev–Trinajstić information content (AvgIpc) is 2.97. The molecule has 1 heterocycles. The normalized spacial score (nSPS) is 9.96. The Morgan fingerprint density at radius 2 is 2.04 bits per heavy atom. The molecule has 1 aromatic carbocycles. The number of nitrogens with one attached hydrogen (secondary N) is 2. The van der Waals surface area contributed by atoms with Crippen LogP contribution in [0.15, 0.2) is 48.4 Å². The predicted octanol–water partition coefficient (Wildman–Crippen LogP) is 3.90. The molecule has 0 radical (unpaired) electrons. The van der Waals surface area contributed by atoms with Gasteiger partial charge in [-0.3, -0.25) is 5.32 Å². The lowest BCUT2D eigenvalue weighted by Crippen LogP contribution is -2.29. The van der Waals surface area contributed by atoms with Crippen LogP contribution < -0.4 is 10.6 Å². The molecule has 0 spiro atoms. The van der Waals surface area contributed by atoms with E-state index in [2.05, 4.69) is 17.2 Å². The van der Waals surface area contributed by atoms with Crippen molar-refractivity contribution in [3.05, 3.63) is 53.9 Å². The smallest absolute Gasteiger partial charge is 0.341 e. The Bertz CT molecular complexity index is 695. The minimum Gasteiger partial charge on any atom is -0.462 e. The molecular formula is C17H18N2O3S. The number of hydrogen-bond donors (Lipinski definition) is 2. The monoisotopic (exact) mass is 330 g/mol. The number of thiophene rings is 1. The van der Waals surface area contributed by atoms with Crippen LogP contribution in [-0.2, 0) is 4.74 Å². The highest BCUT2D eigenvalue weighted by molar-refractivity contribution is 7.15. The Hall–Kier alpha value is -2.60. The highest BCUT2D eigenvalue weighted by Gasteiger charge is 2.22. The standard InChI is InChI=1S/C17H18N2O3S/c1-3-10-18-17(21)19-15-14(16(20)22-4-2)13(11-23-15)12-8-6-5-7-9-12/h3,5-9,11H,1,4,10H2,2H3,(H2,18,19,21). The van der Waals surface area contributed by atoms with Crippen LogP contribution >= 0.6 is 11.3 Å². The second-order valence-corrected chi connectivity index (χ2v) is 5.44. The maximum atomic E-state index is 12.3. The molecule has 1 aromatic heterocycles. The van der Waals surface area contributed by atoms with Crippen molar-refractivity contribution in [3.63, 3.8) is 0 Å². The summed E-state index contributed by atoms with van der Waals surface area (Å²) >= 11 is 1.29. The van der Waals surface area contributed by atoms with E-state index < -0.39 is 12.0 Å². The maximum absolute atomic E-state index is 12.3. The molecule has 0 bridgehead atoms. The van der Waals surface area contributed by atoms with Crippen molar-refractivity contribution >= 4 is 28.3 Å². The summed E-state index contributed by atoms with van der Waals surface area (Å²) in [7, 11) is 0. The van der Waals surface area contributed by atoms with Crippen LogP contribution in [0.25, 0.3) is 11.1 Å². The van der Waals surface area contributed by atoms with Gasteiger partial charge in [-0.25, -0.2) is 9.59 Å². The highest BCUT2D eigenvalue weighted by Crippen LogP contribution is 2.36. The van der Waals surface area contributed by atoms with Crippen LogP contribution in [-0.4, -0.2) is 25.2 Å². The van der Waals surface area contributed by atoms with E-state index in [1.54, 1.807) is 13.0 Å². The molecular weight excluding hydrogens is 312 g/mol. The number of urea groups is 1. The summed E-state index contributed by atoms with van der Waals surface area (Å²) in [6.45, 7) is 5.90. The van der Waals surface area contributed by atoms with E-state index in [1.165, 1.54) is 11.3 Å². The number of carbonyl (C=O) groups excluding carboxylic acids is 2. The molecule has 0 aliphatic carbocycles. The first kappa shape index (κ1) is 16.8. The largest absolute Gasteiger partial charge is 0.462 e. The van der Waals surface area contributed by atoms with Crippen molar-refractivity contribution in [3.8, 4) is 11.1 Å². The van der Waals surface area contributed by atoms with Gasteiger partial charge in [0.15, 0.2) is 0 Å². The lowest BCUT2D eigenvalue weighted by Gasteiger charge is -2.09. The second-order valence-electron chi connectivity index (χ2n) is 4.56. The summed E-state index contributed by atoms with van der Waals surface area (Å²) in [5, 5.41) is 7.61. The summed E-state index contributed by atoms with van der Waals surface area (Å²) in [5.74, 6) is -0.452. The summed E-state index contributed by atoms with van der Waals surface area (Å²) in [5.41, 5.74) is 2.01. The third kappa shape index (κ3) is 4.20. The van der Waals surface area contributed by atoms with Crippen LogP contribution in [0.1, 0.15) is 17.3 Å². The fourth-order valence-electron chi connectivity index (χ4n) is 2.00. The van der Waals surface area contributed by atoms with E-state index >= 15 is 0 Å². The molecule has 2 rings (SSSR count). The topological polar surface area (TPSA) is 67.4 Å². The number of ether oxygens (including phenoxy) is 1. The lowest BCUT2D eigenvalue weighted by molar-refractivity contribution is 0.0529. The lowest BCUT2D eigenvalue weighted by atomic mass is 10.0. The van der Waals surface area contributed by atoms with Gasteiger partial charge in [0.2, 0.25) is 0 Å². The molecule has 23 heavy (non-hydrogen) atoms. The molecule has 120 valence electrons. The van der Waals surface area contributed by atoms with E-state index in [-0.39, 0.29) is 6.61 Å². The third-order valence-corrected chi connectivity index (χ3v) is 3.88. The zero-order chi connectivity index (χ0) is 16.7. The van der Waals surface area contributed by atoms with E-state index in [9.17, 15) is 9.59 Å². The van der Waals surface area contributed by atoms with Crippen molar-refractivity contribution in [2.24, 2.45) is 0 Å². The minimum atomic E-state index is -0.452.